The summed E-state index contributed by atoms with van der Waals surface area (Å²) in [5, 5.41) is 3.34. The van der Waals surface area contributed by atoms with Gasteiger partial charge in [0.2, 0.25) is 0 Å². The summed E-state index contributed by atoms with van der Waals surface area (Å²) in [6.07, 6.45) is 0. The van der Waals surface area contributed by atoms with Gasteiger partial charge in [0.15, 0.2) is 0 Å². The highest BCUT2D eigenvalue weighted by Crippen LogP contribution is 2.34. The Labute approximate surface area is 253 Å². The highest BCUT2D eigenvalue weighted by atomic mass is 16.5. The van der Waals surface area contributed by atoms with Gasteiger partial charge in [-0.05, 0) is 57.5 Å². The van der Waals surface area contributed by atoms with Crippen LogP contribution in [0.2, 0.25) is 0 Å². The minimum atomic E-state index is 0. The van der Waals surface area contributed by atoms with Crippen LogP contribution in [0.25, 0.3) is 0 Å². The topological polar surface area (TPSA) is 58.7 Å². The van der Waals surface area contributed by atoms with Crippen LogP contribution in [-0.4, -0.2) is 83.4 Å². The highest BCUT2D eigenvalue weighted by Gasteiger charge is 2.23. The molecule has 0 bridgehead atoms. The summed E-state index contributed by atoms with van der Waals surface area (Å²) in [5.41, 5.74) is 6.52. The summed E-state index contributed by atoms with van der Waals surface area (Å²) in [5.74, 6) is 3.72. The number of rotatable bonds is 12. The van der Waals surface area contributed by atoms with Crippen molar-refractivity contribution in [3.63, 3.8) is 0 Å². The Balaban J connectivity index is 0.000000258. The Bertz CT molecular complexity index is 1260. The zero-order chi connectivity index (χ0) is 29.2. The maximum Gasteiger partial charge on any atom is 0.127 e. The maximum absolute atomic E-state index is 6.02. The molecule has 0 amide bonds. The Morgan fingerprint density at radius 1 is 0.714 bits per heavy atom. The molecule has 8 nitrogen and oxygen atoms in total. The molecule has 2 aliphatic rings. The quantitative estimate of drug-likeness (QED) is 0.321. The monoisotopic (exact) mass is 578 g/mol. The average molecular weight is 579 g/mol. The van der Waals surface area contributed by atoms with E-state index in [1.54, 1.807) is 14.2 Å². The fourth-order valence-electron chi connectivity index (χ4n) is 5.04. The van der Waals surface area contributed by atoms with Crippen LogP contribution in [0.4, 0.5) is 0 Å². The number of nitrogens with zero attached hydrogens (tertiary/aromatic N) is 3. The van der Waals surface area contributed by atoms with Gasteiger partial charge in [-0.1, -0.05) is 37.8 Å². The Morgan fingerprint density at radius 3 is 1.98 bits per heavy atom. The lowest BCUT2D eigenvalue weighted by atomic mass is 10.1. The molecule has 230 valence electrons. The van der Waals surface area contributed by atoms with E-state index in [-0.39, 0.29) is 7.43 Å². The second kappa shape index (κ2) is 16.4. The molecule has 0 atom stereocenters. The van der Waals surface area contributed by atoms with Gasteiger partial charge >= 0.3 is 0 Å². The van der Waals surface area contributed by atoms with E-state index in [2.05, 4.69) is 90.7 Å². The molecule has 1 N–H and O–H groups in total. The van der Waals surface area contributed by atoms with E-state index in [0.29, 0.717) is 6.61 Å². The normalized spacial score (nSPS) is 13.6. The van der Waals surface area contributed by atoms with E-state index >= 15 is 0 Å². The molecule has 0 aliphatic carbocycles. The molecule has 0 spiro atoms. The Hall–Kier alpha value is -3.30. The summed E-state index contributed by atoms with van der Waals surface area (Å²) >= 11 is 0. The van der Waals surface area contributed by atoms with Crippen molar-refractivity contribution in [2.75, 3.05) is 68.7 Å². The van der Waals surface area contributed by atoms with Crippen molar-refractivity contribution in [3.05, 3.63) is 82.4 Å². The molecule has 0 unspecified atom stereocenters. The molecule has 8 heteroatoms. The molecule has 2 heterocycles. The van der Waals surface area contributed by atoms with Gasteiger partial charge in [0.05, 0.1) is 14.2 Å². The van der Waals surface area contributed by atoms with E-state index in [1.807, 2.05) is 12.1 Å². The van der Waals surface area contributed by atoms with E-state index in [0.717, 1.165) is 81.0 Å². The largest absolute Gasteiger partial charge is 0.497 e. The standard InChI is InChI=1S/C21H28N2O3.C12H18N2O.CH4/c1-22(2)10-11-26-20-7-5-6-16-13-23(15-19(16)20)14-17-8-9-18(24-3)12-21(17)25-4;1-14(2)6-7-15-12-5-3-4-10-8-13-9-11(10)12;/h5-9,12H,10-11,13-15H2,1-4H3;3-5,13H,6-9H2,1-2H3;1H4. The molecule has 3 aromatic carbocycles. The smallest absolute Gasteiger partial charge is 0.127 e. The number of hydrogen-bond donors (Lipinski definition) is 1. The van der Waals surface area contributed by atoms with Gasteiger partial charge in [-0.25, -0.2) is 0 Å². The van der Waals surface area contributed by atoms with Gasteiger partial charge in [0.1, 0.15) is 36.2 Å². The number of ether oxygens (including phenoxy) is 4. The van der Waals surface area contributed by atoms with E-state index < -0.39 is 0 Å². The predicted octanol–water partition coefficient (Wildman–Crippen LogP) is 5.03. The van der Waals surface area contributed by atoms with Crippen LogP contribution >= 0.6 is 0 Å². The van der Waals surface area contributed by atoms with Crippen molar-refractivity contribution >= 4 is 0 Å². The number of benzene rings is 3. The van der Waals surface area contributed by atoms with Gasteiger partial charge in [0.25, 0.3) is 0 Å². The van der Waals surface area contributed by atoms with Crippen LogP contribution < -0.4 is 24.3 Å². The number of hydrogen-bond acceptors (Lipinski definition) is 8. The number of nitrogens with one attached hydrogen (secondary N) is 1. The van der Waals surface area contributed by atoms with Crippen LogP contribution in [0.3, 0.4) is 0 Å². The zero-order valence-electron chi connectivity index (χ0n) is 25.5. The fraction of sp³-hybridized carbons (Fsp3) is 0.471. The van der Waals surface area contributed by atoms with Crippen molar-refractivity contribution in [1.82, 2.24) is 20.0 Å². The Kier molecular flexibility index (Phi) is 12.9. The molecular weight excluding hydrogens is 528 g/mol. The summed E-state index contributed by atoms with van der Waals surface area (Å²) in [4.78, 5) is 6.67. The lowest BCUT2D eigenvalue weighted by Gasteiger charge is -2.18. The van der Waals surface area contributed by atoms with Crippen molar-refractivity contribution in [3.8, 4) is 23.0 Å². The SMILES string of the molecule is C.CN(C)CCOc1cccc2c1CNC2.COc1ccc(CN2Cc3cccc(OCCN(C)C)c3C2)c(OC)c1. The van der Waals surface area contributed by atoms with Gasteiger partial charge in [-0.3, -0.25) is 4.90 Å². The molecular formula is C34H50N4O4. The van der Waals surface area contributed by atoms with Gasteiger partial charge in [-0.2, -0.15) is 0 Å². The second-order valence-electron chi connectivity index (χ2n) is 11.0. The third kappa shape index (κ3) is 9.10. The molecule has 0 fully saturated rings. The molecule has 0 saturated heterocycles. The molecule has 3 aromatic rings. The fourth-order valence-corrected chi connectivity index (χ4v) is 5.04. The minimum Gasteiger partial charge on any atom is -0.497 e. The first-order valence-electron chi connectivity index (χ1n) is 14.3. The molecule has 5 rings (SSSR count). The first-order valence-corrected chi connectivity index (χ1v) is 14.3. The highest BCUT2D eigenvalue weighted by molar-refractivity contribution is 5.44. The maximum atomic E-state index is 6.02. The zero-order valence-corrected chi connectivity index (χ0v) is 25.5. The number of likely N-dealkylation sites (N-methyl/N-ethyl adjacent to an activating group) is 2. The van der Waals surface area contributed by atoms with Gasteiger partial charge < -0.3 is 34.1 Å². The summed E-state index contributed by atoms with van der Waals surface area (Å²) in [6, 6.07) is 18.6. The van der Waals surface area contributed by atoms with E-state index in [1.165, 1.54) is 22.3 Å². The third-order valence-electron chi connectivity index (χ3n) is 7.33. The lowest BCUT2D eigenvalue weighted by Crippen LogP contribution is -2.20. The third-order valence-corrected chi connectivity index (χ3v) is 7.33. The van der Waals surface area contributed by atoms with Crippen LogP contribution in [0, 0.1) is 0 Å². The van der Waals surface area contributed by atoms with Crippen molar-refractivity contribution < 1.29 is 18.9 Å². The summed E-state index contributed by atoms with van der Waals surface area (Å²) in [6.45, 7) is 7.89. The summed E-state index contributed by atoms with van der Waals surface area (Å²) < 4.78 is 22.6. The van der Waals surface area contributed by atoms with Crippen LogP contribution in [0.5, 0.6) is 23.0 Å². The summed E-state index contributed by atoms with van der Waals surface area (Å²) in [7, 11) is 11.6. The first-order chi connectivity index (χ1) is 19.9. The second-order valence-corrected chi connectivity index (χ2v) is 11.0. The van der Waals surface area contributed by atoms with Gasteiger partial charge in [0, 0.05) is 68.6 Å². The Morgan fingerprint density at radius 2 is 1.36 bits per heavy atom. The van der Waals surface area contributed by atoms with Crippen LogP contribution in [-0.2, 0) is 32.7 Å². The minimum absolute atomic E-state index is 0. The van der Waals surface area contributed by atoms with Crippen molar-refractivity contribution in [2.24, 2.45) is 0 Å². The van der Waals surface area contributed by atoms with Crippen LogP contribution in [0.15, 0.2) is 54.6 Å². The van der Waals surface area contributed by atoms with Gasteiger partial charge in [-0.15, -0.1) is 0 Å². The number of methoxy groups -OCH3 is 2. The molecule has 0 aromatic heterocycles. The lowest BCUT2D eigenvalue weighted by molar-refractivity contribution is 0.249. The first kappa shape index (κ1) is 33.2. The molecule has 42 heavy (non-hydrogen) atoms. The predicted molar refractivity (Wildman–Crippen MR) is 171 cm³/mol. The molecule has 0 radical (unpaired) electrons. The van der Waals surface area contributed by atoms with Crippen LogP contribution in [0.1, 0.15) is 35.2 Å². The number of fused-ring (bicyclic) bond motifs is 2. The molecule has 0 saturated carbocycles. The van der Waals surface area contributed by atoms with Crippen molar-refractivity contribution in [2.45, 2.75) is 40.2 Å². The van der Waals surface area contributed by atoms with E-state index in [9.17, 15) is 0 Å². The van der Waals surface area contributed by atoms with Crippen molar-refractivity contribution in [1.29, 1.82) is 0 Å². The van der Waals surface area contributed by atoms with E-state index in [4.69, 9.17) is 18.9 Å². The molecule has 2 aliphatic heterocycles. The average Bonchev–Trinajstić information content (AvgIpc) is 3.61.